The largest absolute Gasteiger partial charge is 0.466 e. The standard InChI is InChI=1S/C16H30N2O2/c1-3-18-11-14(7-8-16(19)20-4-2)9-15(12-18)17-10-13-5-6-13/h13-15,17H,3-12H2,1-2H3. The van der Waals surface area contributed by atoms with Crippen molar-refractivity contribution in [1.29, 1.82) is 0 Å². The Balaban J connectivity index is 1.73. The number of hydrogen-bond donors (Lipinski definition) is 1. The number of nitrogens with one attached hydrogen (secondary N) is 1. The zero-order chi connectivity index (χ0) is 14.4. The molecule has 2 aliphatic rings. The molecule has 0 radical (unpaired) electrons. The molecule has 4 heteroatoms. The van der Waals surface area contributed by atoms with E-state index >= 15 is 0 Å². The van der Waals surface area contributed by atoms with Crippen LogP contribution in [-0.4, -0.2) is 49.7 Å². The number of rotatable bonds is 8. The van der Waals surface area contributed by atoms with E-state index in [9.17, 15) is 4.79 Å². The SMILES string of the molecule is CCOC(=O)CCC1CC(NCC2CC2)CN(CC)C1. The lowest BCUT2D eigenvalue weighted by molar-refractivity contribution is -0.143. The normalized spacial score (nSPS) is 27.5. The predicted molar refractivity (Wildman–Crippen MR) is 80.6 cm³/mol. The van der Waals surface area contributed by atoms with Gasteiger partial charge in [-0.2, -0.15) is 0 Å². The number of esters is 1. The summed E-state index contributed by atoms with van der Waals surface area (Å²) in [5.74, 6) is 1.53. The molecule has 20 heavy (non-hydrogen) atoms. The molecule has 2 unspecified atom stereocenters. The van der Waals surface area contributed by atoms with Gasteiger partial charge >= 0.3 is 5.97 Å². The summed E-state index contributed by atoms with van der Waals surface area (Å²) in [6.45, 7) is 9.19. The number of hydrogen-bond acceptors (Lipinski definition) is 4. The number of carbonyl (C=O) groups is 1. The zero-order valence-electron chi connectivity index (χ0n) is 13.1. The van der Waals surface area contributed by atoms with E-state index in [-0.39, 0.29) is 5.97 Å². The molecule has 1 heterocycles. The predicted octanol–water partition coefficient (Wildman–Crippen LogP) is 2.04. The van der Waals surface area contributed by atoms with Gasteiger partial charge in [0.2, 0.25) is 0 Å². The molecule has 1 N–H and O–H groups in total. The van der Waals surface area contributed by atoms with Crippen LogP contribution < -0.4 is 5.32 Å². The van der Waals surface area contributed by atoms with Gasteiger partial charge in [0.15, 0.2) is 0 Å². The van der Waals surface area contributed by atoms with Crippen molar-refractivity contribution in [3.63, 3.8) is 0 Å². The zero-order valence-corrected chi connectivity index (χ0v) is 13.1. The molecule has 2 atom stereocenters. The molecule has 0 spiro atoms. The van der Waals surface area contributed by atoms with Gasteiger partial charge in [-0.05, 0) is 57.5 Å². The fraction of sp³-hybridized carbons (Fsp3) is 0.938. The van der Waals surface area contributed by atoms with E-state index in [2.05, 4.69) is 17.1 Å². The highest BCUT2D eigenvalue weighted by Crippen LogP contribution is 2.28. The third-order valence-corrected chi connectivity index (χ3v) is 4.51. The van der Waals surface area contributed by atoms with Crippen LogP contribution in [0.1, 0.15) is 46.0 Å². The Morgan fingerprint density at radius 2 is 2.05 bits per heavy atom. The Bertz CT molecular complexity index is 305. The minimum atomic E-state index is -0.0383. The lowest BCUT2D eigenvalue weighted by Crippen LogP contribution is -2.49. The molecule has 1 aliphatic carbocycles. The van der Waals surface area contributed by atoms with Gasteiger partial charge in [0.1, 0.15) is 0 Å². The van der Waals surface area contributed by atoms with Crippen molar-refractivity contribution in [1.82, 2.24) is 10.2 Å². The Hall–Kier alpha value is -0.610. The molecule has 0 aromatic carbocycles. The minimum absolute atomic E-state index is 0.0383. The summed E-state index contributed by atoms with van der Waals surface area (Å²) in [7, 11) is 0. The van der Waals surface area contributed by atoms with Gasteiger partial charge in [-0.1, -0.05) is 6.92 Å². The van der Waals surface area contributed by atoms with Gasteiger partial charge in [0.05, 0.1) is 6.61 Å². The van der Waals surface area contributed by atoms with Crippen LogP contribution in [0.3, 0.4) is 0 Å². The summed E-state index contributed by atoms with van der Waals surface area (Å²) >= 11 is 0. The molecular formula is C16H30N2O2. The van der Waals surface area contributed by atoms with E-state index in [1.807, 2.05) is 6.92 Å². The maximum absolute atomic E-state index is 11.5. The number of likely N-dealkylation sites (tertiary alicyclic amines) is 1. The number of nitrogens with zero attached hydrogens (tertiary/aromatic N) is 1. The van der Waals surface area contributed by atoms with Crippen molar-refractivity contribution in [2.24, 2.45) is 11.8 Å². The lowest BCUT2D eigenvalue weighted by atomic mass is 9.90. The average molecular weight is 282 g/mol. The van der Waals surface area contributed by atoms with Gasteiger partial charge in [-0.15, -0.1) is 0 Å². The van der Waals surface area contributed by atoms with Crippen molar-refractivity contribution in [3.8, 4) is 0 Å². The molecule has 1 saturated carbocycles. The quantitative estimate of drug-likeness (QED) is 0.692. The molecule has 1 saturated heterocycles. The fourth-order valence-corrected chi connectivity index (χ4v) is 3.13. The van der Waals surface area contributed by atoms with Gasteiger partial charge < -0.3 is 15.0 Å². The summed E-state index contributed by atoms with van der Waals surface area (Å²) < 4.78 is 5.03. The molecule has 0 amide bonds. The van der Waals surface area contributed by atoms with Crippen LogP contribution in [0.2, 0.25) is 0 Å². The Labute approximate surface area is 123 Å². The number of carbonyl (C=O) groups excluding carboxylic acids is 1. The molecule has 2 rings (SSSR count). The van der Waals surface area contributed by atoms with E-state index in [0.717, 1.165) is 25.4 Å². The van der Waals surface area contributed by atoms with Gasteiger partial charge in [0.25, 0.3) is 0 Å². The molecule has 4 nitrogen and oxygen atoms in total. The Morgan fingerprint density at radius 3 is 2.70 bits per heavy atom. The van der Waals surface area contributed by atoms with Crippen LogP contribution in [0.15, 0.2) is 0 Å². The van der Waals surface area contributed by atoms with Gasteiger partial charge in [0, 0.05) is 25.6 Å². The van der Waals surface area contributed by atoms with Crippen molar-refractivity contribution < 1.29 is 9.53 Å². The first-order chi connectivity index (χ1) is 9.71. The van der Waals surface area contributed by atoms with Crippen LogP contribution in [0.25, 0.3) is 0 Å². The fourth-order valence-electron chi connectivity index (χ4n) is 3.13. The van der Waals surface area contributed by atoms with Crippen LogP contribution in [0.5, 0.6) is 0 Å². The molecule has 116 valence electrons. The van der Waals surface area contributed by atoms with Crippen LogP contribution in [-0.2, 0) is 9.53 Å². The summed E-state index contributed by atoms with van der Waals surface area (Å²) in [5.41, 5.74) is 0. The summed E-state index contributed by atoms with van der Waals surface area (Å²) in [4.78, 5) is 14.0. The van der Waals surface area contributed by atoms with E-state index in [1.54, 1.807) is 0 Å². The monoisotopic (exact) mass is 282 g/mol. The molecule has 0 aromatic heterocycles. The highest BCUT2D eigenvalue weighted by Gasteiger charge is 2.28. The van der Waals surface area contributed by atoms with Crippen LogP contribution >= 0.6 is 0 Å². The Morgan fingerprint density at radius 1 is 1.25 bits per heavy atom. The molecule has 2 fully saturated rings. The summed E-state index contributed by atoms with van der Waals surface area (Å²) in [6.07, 6.45) is 5.57. The third-order valence-electron chi connectivity index (χ3n) is 4.51. The molecule has 1 aliphatic heterocycles. The molecular weight excluding hydrogens is 252 g/mol. The van der Waals surface area contributed by atoms with Crippen LogP contribution in [0.4, 0.5) is 0 Å². The second kappa shape index (κ2) is 7.99. The molecule has 0 aromatic rings. The second-order valence-electron chi connectivity index (χ2n) is 6.35. The highest BCUT2D eigenvalue weighted by atomic mass is 16.5. The average Bonchev–Trinajstić information content (AvgIpc) is 3.27. The van der Waals surface area contributed by atoms with Crippen molar-refractivity contribution >= 4 is 5.97 Å². The first kappa shape index (κ1) is 15.8. The number of piperidine rings is 1. The van der Waals surface area contributed by atoms with E-state index in [4.69, 9.17) is 4.74 Å². The van der Waals surface area contributed by atoms with Gasteiger partial charge in [-0.3, -0.25) is 4.79 Å². The first-order valence-electron chi connectivity index (χ1n) is 8.32. The van der Waals surface area contributed by atoms with E-state index < -0.39 is 0 Å². The molecule has 0 bridgehead atoms. The first-order valence-corrected chi connectivity index (χ1v) is 8.32. The topological polar surface area (TPSA) is 41.6 Å². The van der Waals surface area contributed by atoms with Gasteiger partial charge in [-0.25, -0.2) is 0 Å². The lowest BCUT2D eigenvalue weighted by Gasteiger charge is -2.37. The van der Waals surface area contributed by atoms with E-state index in [1.165, 1.54) is 32.4 Å². The third kappa shape index (κ3) is 5.41. The number of ether oxygens (including phenoxy) is 1. The second-order valence-corrected chi connectivity index (χ2v) is 6.35. The summed E-state index contributed by atoms with van der Waals surface area (Å²) in [6, 6.07) is 0.608. The minimum Gasteiger partial charge on any atom is -0.466 e. The Kier molecular flexibility index (Phi) is 6.30. The smallest absolute Gasteiger partial charge is 0.305 e. The van der Waals surface area contributed by atoms with E-state index in [0.29, 0.717) is 25.0 Å². The highest BCUT2D eigenvalue weighted by molar-refractivity contribution is 5.69. The van der Waals surface area contributed by atoms with Crippen molar-refractivity contribution in [2.75, 3.05) is 32.8 Å². The van der Waals surface area contributed by atoms with Crippen LogP contribution in [0, 0.1) is 11.8 Å². The maximum atomic E-state index is 11.5. The number of likely N-dealkylation sites (N-methyl/N-ethyl adjacent to an activating group) is 1. The summed E-state index contributed by atoms with van der Waals surface area (Å²) in [5, 5.41) is 3.73. The maximum Gasteiger partial charge on any atom is 0.305 e. The van der Waals surface area contributed by atoms with Crippen molar-refractivity contribution in [2.45, 2.75) is 52.0 Å². The van der Waals surface area contributed by atoms with Crippen molar-refractivity contribution in [3.05, 3.63) is 0 Å².